The normalized spacial score (nSPS) is 16.2. The number of benzene rings is 1. The number of alkyl halides is 3. The maximum atomic E-state index is 13.6. The van der Waals surface area contributed by atoms with E-state index in [1.165, 1.54) is 6.07 Å². The van der Waals surface area contributed by atoms with Crippen LogP contribution in [0, 0.1) is 5.82 Å². The third-order valence-corrected chi connectivity index (χ3v) is 3.94. The highest BCUT2D eigenvalue weighted by atomic mass is 19.4. The second-order valence-corrected chi connectivity index (χ2v) is 5.63. The molecule has 8 heteroatoms. The third kappa shape index (κ3) is 3.74. The topological polar surface area (TPSA) is 41.0 Å². The summed E-state index contributed by atoms with van der Waals surface area (Å²) in [5, 5.41) is 3.13. The fourth-order valence-electron chi connectivity index (χ4n) is 2.68. The standard InChI is InChI=1S/C16H16F4N4/c17-12-3-1-2-4-13(12)22-11-6-9-24(10-7-11)15-21-8-5-14(23-15)16(18,19)20/h1-5,8,11,22H,6-7,9-10H2. The number of piperidine rings is 1. The van der Waals surface area contributed by atoms with E-state index in [4.69, 9.17) is 0 Å². The number of para-hydroxylation sites is 1. The fourth-order valence-corrected chi connectivity index (χ4v) is 2.68. The molecule has 0 spiro atoms. The highest BCUT2D eigenvalue weighted by Crippen LogP contribution is 2.29. The van der Waals surface area contributed by atoms with Crippen molar-refractivity contribution in [3.63, 3.8) is 0 Å². The van der Waals surface area contributed by atoms with Crippen molar-refractivity contribution in [1.29, 1.82) is 0 Å². The van der Waals surface area contributed by atoms with Gasteiger partial charge >= 0.3 is 6.18 Å². The summed E-state index contributed by atoms with van der Waals surface area (Å²) in [4.78, 5) is 9.25. The fraction of sp³-hybridized carbons (Fsp3) is 0.375. The Morgan fingerprint density at radius 2 is 1.79 bits per heavy atom. The molecule has 1 aliphatic heterocycles. The molecule has 1 saturated heterocycles. The lowest BCUT2D eigenvalue weighted by atomic mass is 10.0. The van der Waals surface area contributed by atoms with Crippen molar-refractivity contribution in [2.24, 2.45) is 0 Å². The molecule has 1 aromatic carbocycles. The molecule has 3 rings (SSSR count). The van der Waals surface area contributed by atoms with E-state index in [9.17, 15) is 17.6 Å². The number of hydrogen-bond donors (Lipinski definition) is 1. The minimum absolute atomic E-state index is 0.0592. The highest BCUT2D eigenvalue weighted by molar-refractivity contribution is 5.45. The largest absolute Gasteiger partial charge is 0.433 e. The van der Waals surface area contributed by atoms with E-state index in [2.05, 4.69) is 15.3 Å². The van der Waals surface area contributed by atoms with Crippen LogP contribution in [0.2, 0.25) is 0 Å². The summed E-state index contributed by atoms with van der Waals surface area (Å²) in [5.74, 6) is -0.240. The first-order chi connectivity index (χ1) is 11.4. The molecule has 0 radical (unpaired) electrons. The summed E-state index contributed by atoms with van der Waals surface area (Å²) in [7, 11) is 0. The third-order valence-electron chi connectivity index (χ3n) is 3.94. The molecule has 2 aromatic rings. The van der Waals surface area contributed by atoms with Gasteiger partial charge in [0.05, 0.1) is 5.69 Å². The van der Waals surface area contributed by atoms with Gasteiger partial charge in [-0.2, -0.15) is 13.2 Å². The van der Waals surface area contributed by atoms with Crippen LogP contribution in [0.25, 0.3) is 0 Å². The van der Waals surface area contributed by atoms with Crippen molar-refractivity contribution >= 4 is 11.6 Å². The average Bonchev–Trinajstić information content (AvgIpc) is 2.57. The molecule has 128 valence electrons. The predicted molar refractivity (Wildman–Crippen MR) is 82.3 cm³/mol. The summed E-state index contributed by atoms with van der Waals surface area (Å²) in [6.07, 6.45) is -2.04. The minimum atomic E-state index is -4.48. The Morgan fingerprint density at radius 1 is 1.08 bits per heavy atom. The van der Waals surface area contributed by atoms with E-state index in [1.54, 1.807) is 23.1 Å². The number of halogens is 4. The molecule has 4 nitrogen and oxygen atoms in total. The maximum Gasteiger partial charge on any atom is 0.433 e. The van der Waals surface area contributed by atoms with Gasteiger partial charge in [-0.3, -0.25) is 0 Å². The van der Waals surface area contributed by atoms with Crippen LogP contribution in [0.4, 0.5) is 29.2 Å². The number of aromatic nitrogens is 2. The Labute approximate surface area is 136 Å². The summed E-state index contributed by atoms with van der Waals surface area (Å²) in [6, 6.07) is 7.33. The molecule has 0 bridgehead atoms. The first-order valence-electron chi connectivity index (χ1n) is 7.60. The van der Waals surface area contributed by atoms with Crippen LogP contribution in [0.5, 0.6) is 0 Å². The molecule has 2 heterocycles. The van der Waals surface area contributed by atoms with Crippen LogP contribution in [0.3, 0.4) is 0 Å². The van der Waals surface area contributed by atoms with E-state index in [1.807, 2.05) is 0 Å². The molecule has 24 heavy (non-hydrogen) atoms. The summed E-state index contributed by atoms with van der Waals surface area (Å²) in [5.41, 5.74) is -0.509. The Morgan fingerprint density at radius 3 is 2.46 bits per heavy atom. The van der Waals surface area contributed by atoms with Gasteiger partial charge in [-0.15, -0.1) is 0 Å². The average molecular weight is 340 g/mol. The van der Waals surface area contributed by atoms with Gasteiger partial charge in [0.25, 0.3) is 0 Å². The second kappa shape index (κ2) is 6.62. The molecular weight excluding hydrogens is 324 g/mol. The molecule has 1 fully saturated rings. The maximum absolute atomic E-state index is 13.6. The number of nitrogens with one attached hydrogen (secondary N) is 1. The Bertz CT molecular complexity index is 696. The van der Waals surface area contributed by atoms with Crippen molar-refractivity contribution in [3.05, 3.63) is 48.0 Å². The number of hydrogen-bond acceptors (Lipinski definition) is 4. The van der Waals surface area contributed by atoms with Gasteiger partial charge in [-0.1, -0.05) is 12.1 Å². The van der Waals surface area contributed by atoms with Gasteiger partial charge in [-0.05, 0) is 31.0 Å². The SMILES string of the molecule is Fc1ccccc1NC1CCN(c2nccc(C(F)(F)F)n2)CC1. The van der Waals surface area contributed by atoms with Crippen molar-refractivity contribution in [2.45, 2.75) is 25.1 Å². The molecule has 1 aliphatic rings. The van der Waals surface area contributed by atoms with E-state index in [0.29, 0.717) is 31.6 Å². The minimum Gasteiger partial charge on any atom is -0.380 e. The van der Waals surface area contributed by atoms with Crippen LogP contribution in [0.1, 0.15) is 18.5 Å². The van der Waals surface area contributed by atoms with Gasteiger partial charge < -0.3 is 10.2 Å². The summed E-state index contributed by atoms with van der Waals surface area (Å²) < 4.78 is 51.8. The van der Waals surface area contributed by atoms with Gasteiger partial charge in [0, 0.05) is 25.3 Å². The quantitative estimate of drug-likeness (QED) is 0.865. The van der Waals surface area contributed by atoms with Crippen molar-refractivity contribution in [2.75, 3.05) is 23.3 Å². The molecule has 0 unspecified atom stereocenters. The van der Waals surface area contributed by atoms with Crippen LogP contribution in [-0.2, 0) is 6.18 Å². The smallest absolute Gasteiger partial charge is 0.380 e. The van der Waals surface area contributed by atoms with E-state index >= 15 is 0 Å². The molecular formula is C16H16F4N4. The molecule has 0 atom stereocenters. The van der Waals surface area contributed by atoms with Crippen LogP contribution < -0.4 is 10.2 Å². The van der Waals surface area contributed by atoms with Crippen LogP contribution in [0.15, 0.2) is 36.5 Å². The predicted octanol–water partition coefficient (Wildman–Crippen LogP) is 3.72. The van der Waals surface area contributed by atoms with Crippen molar-refractivity contribution < 1.29 is 17.6 Å². The van der Waals surface area contributed by atoms with E-state index < -0.39 is 11.9 Å². The lowest BCUT2D eigenvalue weighted by Crippen LogP contribution is -2.40. The monoisotopic (exact) mass is 340 g/mol. The van der Waals surface area contributed by atoms with E-state index in [0.717, 1.165) is 12.3 Å². The zero-order valence-corrected chi connectivity index (χ0v) is 12.7. The zero-order chi connectivity index (χ0) is 17.2. The number of rotatable bonds is 3. The second-order valence-electron chi connectivity index (χ2n) is 5.63. The molecule has 1 aromatic heterocycles. The van der Waals surface area contributed by atoms with Crippen LogP contribution >= 0.6 is 0 Å². The molecule has 0 saturated carbocycles. The van der Waals surface area contributed by atoms with Crippen molar-refractivity contribution in [1.82, 2.24) is 9.97 Å². The molecule has 1 N–H and O–H groups in total. The first kappa shape index (κ1) is 16.5. The molecule has 0 amide bonds. The number of anilines is 2. The number of nitrogens with zero attached hydrogens (tertiary/aromatic N) is 3. The van der Waals surface area contributed by atoms with Gasteiger partial charge in [0.2, 0.25) is 5.95 Å². The lowest BCUT2D eigenvalue weighted by molar-refractivity contribution is -0.141. The van der Waals surface area contributed by atoms with Gasteiger partial charge in [0.15, 0.2) is 0 Å². The Balaban J connectivity index is 1.62. The Kier molecular flexibility index (Phi) is 4.55. The van der Waals surface area contributed by atoms with Crippen LogP contribution in [-0.4, -0.2) is 29.1 Å². The Hall–Kier alpha value is -2.38. The summed E-state index contributed by atoms with van der Waals surface area (Å²) >= 11 is 0. The van der Waals surface area contributed by atoms with E-state index in [-0.39, 0.29) is 17.8 Å². The lowest BCUT2D eigenvalue weighted by Gasteiger charge is -2.33. The first-order valence-corrected chi connectivity index (χ1v) is 7.60. The summed E-state index contributed by atoms with van der Waals surface area (Å²) in [6.45, 7) is 1.01. The van der Waals surface area contributed by atoms with Gasteiger partial charge in [-0.25, -0.2) is 14.4 Å². The molecule has 0 aliphatic carbocycles. The highest BCUT2D eigenvalue weighted by Gasteiger charge is 2.33. The van der Waals surface area contributed by atoms with Gasteiger partial charge in [0.1, 0.15) is 11.5 Å². The van der Waals surface area contributed by atoms with Crippen molar-refractivity contribution in [3.8, 4) is 0 Å². The zero-order valence-electron chi connectivity index (χ0n) is 12.7.